The lowest BCUT2D eigenvalue weighted by Gasteiger charge is -2.09. The normalized spacial score (nSPS) is 14.6. The van der Waals surface area contributed by atoms with Crippen LogP contribution in [0.4, 0.5) is 4.39 Å². The van der Waals surface area contributed by atoms with Gasteiger partial charge in [-0.25, -0.2) is 9.18 Å². The molecule has 0 aliphatic carbocycles. The second kappa shape index (κ2) is 8.86. The van der Waals surface area contributed by atoms with Gasteiger partial charge in [0.2, 0.25) is 0 Å². The fraction of sp³-hybridized carbons (Fsp3) is 0.0417. The van der Waals surface area contributed by atoms with E-state index in [4.69, 9.17) is 21.1 Å². The van der Waals surface area contributed by atoms with E-state index < -0.39 is 5.97 Å². The van der Waals surface area contributed by atoms with Crippen molar-refractivity contribution in [1.29, 1.82) is 0 Å². The second-order valence-electron chi connectivity index (χ2n) is 6.61. The number of halogens is 3. The number of cyclic esters (lactones) is 1. The Labute approximate surface area is 186 Å². The minimum Gasteiger partial charge on any atom is -0.488 e. The molecule has 0 saturated carbocycles. The van der Waals surface area contributed by atoms with Crippen LogP contribution in [0.15, 0.2) is 82.9 Å². The summed E-state index contributed by atoms with van der Waals surface area (Å²) in [5, 5.41) is 0.617. The molecule has 0 atom stereocenters. The summed E-state index contributed by atoms with van der Waals surface area (Å²) in [4.78, 5) is 12.2. The van der Waals surface area contributed by atoms with E-state index in [1.165, 1.54) is 12.1 Å². The Bertz CT molecular complexity index is 1150. The summed E-state index contributed by atoms with van der Waals surface area (Å²) in [5.41, 5.74) is 2.91. The van der Waals surface area contributed by atoms with E-state index in [9.17, 15) is 9.18 Å². The smallest absolute Gasteiger partial charge is 0.343 e. The van der Waals surface area contributed by atoms with Gasteiger partial charge in [-0.1, -0.05) is 29.8 Å². The molecule has 0 bridgehead atoms. The molecular weight excluding hydrogens is 471 g/mol. The molecule has 1 aliphatic heterocycles. The van der Waals surface area contributed by atoms with Crippen molar-refractivity contribution in [3.8, 4) is 5.75 Å². The minimum absolute atomic E-state index is 0.281. The van der Waals surface area contributed by atoms with Crippen molar-refractivity contribution in [2.24, 2.45) is 0 Å². The van der Waals surface area contributed by atoms with Gasteiger partial charge in [0.25, 0.3) is 0 Å². The maximum absolute atomic E-state index is 13.0. The van der Waals surface area contributed by atoms with E-state index in [2.05, 4.69) is 15.9 Å². The van der Waals surface area contributed by atoms with E-state index in [-0.39, 0.29) is 5.82 Å². The number of hydrogen-bond donors (Lipinski definition) is 0. The average Bonchev–Trinajstić information content (AvgIpc) is 3.09. The van der Waals surface area contributed by atoms with Gasteiger partial charge < -0.3 is 9.47 Å². The molecule has 6 heteroatoms. The topological polar surface area (TPSA) is 35.5 Å². The molecule has 1 aliphatic rings. The van der Waals surface area contributed by atoms with E-state index in [1.807, 2.05) is 18.2 Å². The van der Waals surface area contributed by atoms with Gasteiger partial charge in [-0.05, 0) is 87.7 Å². The van der Waals surface area contributed by atoms with Crippen molar-refractivity contribution >= 4 is 45.3 Å². The third-order valence-electron chi connectivity index (χ3n) is 4.44. The average molecular weight is 486 g/mol. The van der Waals surface area contributed by atoms with Crippen molar-refractivity contribution < 1.29 is 18.7 Å². The molecule has 0 radical (unpaired) electrons. The predicted molar refractivity (Wildman–Crippen MR) is 118 cm³/mol. The number of hydrogen-bond acceptors (Lipinski definition) is 3. The molecule has 0 N–H and O–H groups in total. The molecule has 150 valence electrons. The fourth-order valence-corrected chi connectivity index (χ4v) is 3.53. The Hall–Kier alpha value is -2.89. The van der Waals surface area contributed by atoms with Crippen LogP contribution in [0.5, 0.6) is 5.75 Å². The van der Waals surface area contributed by atoms with E-state index in [1.54, 1.807) is 48.6 Å². The third kappa shape index (κ3) is 4.81. The lowest BCUT2D eigenvalue weighted by Crippen LogP contribution is -1.98. The first kappa shape index (κ1) is 20.4. The van der Waals surface area contributed by atoms with Gasteiger partial charge in [0, 0.05) is 10.6 Å². The molecule has 0 fully saturated rings. The van der Waals surface area contributed by atoms with Crippen LogP contribution in [0.1, 0.15) is 16.7 Å². The summed E-state index contributed by atoms with van der Waals surface area (Å²) < 4.78 is 24.9. The first-order valence-corrected chi connectivity index (χ1v) is 10.2. The molecule has 3 aromatic rings. The van der Waals surface area contributed by atoms with Crippen LogP contribution in [0.2, 0.25) is 5.02 Å². The summed E-state index contributed by atoms with van der Waals surface area (Å²) in [5.74, 6) is 0.442. The summed E-state index contributed by atoms with van der Waals surface area (Å²) in [6, 6.07) is 18.8. The predicted octanol–water partition coefficient (Wildman–Crippen LogP) is 6.80. The van der Waals surface area contributed by atoms with Crippen LogP contribution >= 0.6 is 27.5 Å². The Kier molecular flexibility index (Phi) is 6.02. The lowest BCUT2D eigenvalue weighted by molar-refractivity contribution is -0.130. The Balaban J connectivity index is 1.49. The number of benzene rings is 3. The highest BCUT2D eigenvalue weighted by Crippen LogP contribution is 2.31. The van der Waals surface area contributed by atoms with Crippen molar-refractivity contribution in [1.82, 2.24) is 0 Å². The monoisotopic (exact) mass is 484 g/mol. The maximum Gasteiger partial charge on any atom is 0.343 e. The Morgan fingerprint density at radius 2 is 1.77 bits per heavy atom. The van der Waals surface area contributed by atoms with Crippen molar-refractivity contribution in [3.05, 3.63) is 110 Å². The van der Waals surface area contributed by atoms with E-state index in [0.29, 0.717) is 28.7 Å². The summed E-state index contributed by atoms with van der Waals surface area (Å²) >= 11 is 9.40. The summed E-state index contributed by atoms with van der Waals surface area (Å²) in [7, 11) is 0. The van der Waals surface area contributed by atoms with E-state index in [0.717, 1.165) is 21.2 Å². The van der Waals surface area contributed by atoms with Crippen LogP contribution in [0.25, 0.3) is 11.8 Å². The summed E-state index contributed by atoms with van der Waals surface area (Å²) in [6.07, 6.45) is 3.46. The molecule has 30 heavy (non-hydrogen) atoms. The zero-order valence-corrected chi connectivity index (χ0v) is 17.9. The SMILES string of the molecule is O=C1OC(c2ccc(Cl)cc2)=C/C1=C\c1ccc(OCc2ccc(F)cc2)c(Br)c1. The van der Waals surface area contributed by atoms with Crippen molar-refractivity contribution in [2.75, 3.05) is 0 Å². The Morgan fingerprint density at radius 3 is 2.47 bits per heavy atom. The third-order valence-corrected chi connectivity index (χ3v) is 5.31. The van der Waals surface area contributed by atoms with E-state index >= 15 is 0 Å². The molecule has 0 unspecified atom stereocenters. The molecular formula is C24H15BrClFO3. The highest BCUT2D eigenvalue weighted by atomic mass is 79.9. The molecule has 0 saturated heterocycles. The maximum atomic E-state index is 13.0. The number of carbonyl (C=O) groups is 1. The van der Waals surface area contributed by atoms with Crippen molar-refractivity contribution in [2.45, 2.75) is 6.61 Å². The van der Waals surface area contributed by atoms with Gasteiger partial charge in [-0.3, -0.25) is 0 Å². The molecule has 3 nitrogen and oxygen atoms in total. The minimum atomic E-state index is -0.410. The van der Waals surface area contributed by atoms with Gasteiger partial charge in [-0.15, -0.1) is 0 Å². The zero-order valence-electron chi connectivity index (χ0n) is 15.6. The quantitative estimate of drug-likeness (QED) is 0.294. The molecule has 1 heterocycles. The summed E-state index contributed by atoms with van der Waals surface area (Å²) in [6.45, 7) is 0.318. The highest BCUT2D eigenvalue weighted by Gasteiger charge is 2.22. The van der Waals surface area contributed by atoms with Crippen LogP contribution in [-0.2, 0) is 16.1 Å². The molecule has 4 rings (SSSR count). The fourth-order valence-electron chi connectivity index (χ4n) is 2.89. The molecule has 0 aromatic heterocycles. The largest absolute Gasteiger partial charge is 0.488 e. The number of carbonyl (C=O) groups excluding carboxylic acids is 1. The first-order chi connectivity index (χ1) is 14.5. The van der Waals surface area contributed by atoms with Crippen LogP contribution in [-0.4, -0.2) is 5.97 Å². The Morgan fingerprint density at radius 1 is 1.03 bits per heavy atom. The van der Waals surface area contributed by atoms with Crippen LogP contribution in [0, 0.1) is 5.82 Å². The van der Waals surface area contributed by atoms with Gasteiger partial charge in [-0.2, -0.15) is 0 Å². The van der Waals surface area contributed by atoms with Gasteiger partial charge >= 0.3 is 5.97 Å². The molecule has 0 spiro atoms. The number of rotatable bonds is 5. The highest BCUT2D eigenvalue weighted by molar-refractivity contribution is 9.10. The van der Waals surface area contributed by atoms with Crippen molar-refractivity contribution in [3.63, 3.8) is 0 Å². The van der Waals surface area contributed by atoms with Gasteiger partial charge in [0.05, 0.1) is 10.0 Å². The number of esters is 1. The molecule has 3 aromatic carbocycles. The second-order valence-corrected chi connectivity index (χ2v) is 7.90. The zero-order chi connectivity index (χ0) is 21.1. The van der Waals surface area contributed by atoms with Gasteiger partial charge in [0.15, 0.2) is 0 Å². The number of ether oxygens (including phenoxy) is 2. The van der Waals surface area contributed by atoms with Gasteiger partial charge in [0.1, 0.15) is 23.9 Å². The van der Waals surface area contributed by atoms with Crippen LogP contribution in [0.3, 0.4) is 0 Å². The first-order valence-electron chi connectivity index (χ1n) is 9.06. The lowest BCUT2D eigenvalue weighted by atomic mass is 10.1. The molecule has 0 amide bonds. The van der Waals surface area contributed by atoms with Crippen LogP contribution < -0.4 is 4.74 Å². The standard InChI is InChI=1S/C24H15BrClFO3/c25-21-12-16(3-10-22(21)29-14-15-1-8-20(27)9-2-15)11-18-13-23(30-24(18)28)17-4-6-19(26)7-5-17/h1-13H,14H2/b18-11+.